The molecular weight excluding hydrogens is 400 g/mol. The number of hydrogen-bond donors (Lipinski definition) is 2. The quantitative estimate of drug-likeness (QED) is 0.448. The van der Waals surface area contributed by atoms with Crippen LogP contribution in [0.4, 0.5) is 5.69 Å². The Morgan fingerprint density at radius 3 is 2.86 bits per heavy atom. The van der Waals surface area contributed by atoms with Gasteiger partial charge in [-0.2, -0.15) is 0 Å². The van der Waals surface area contributed by atoms with Crippen LogP contribution in [0.25, 0.3) is 10.2 Å². The molecule has 2 amide bonds. The molecule has 3 fully saturated rings. The molecule has 0 saturated carbocycles. The minimum atomic E-state index is -1.22. The molecule has 2 aromatic rings. The Bertz CT molecular complexity index is 1010. The molecular formula is C19H20N2O5S2. The summed E-state index contributed by atoms with van der Waals surface area (Å²) in [6.45, 7) is 3.67. The van der Waals surface area contributed by atoms with Crippen LogP contribution < -0.4 is 4.90 Å². The highest BCUT2D eigenvalue weighted by atomic mass is 32.1. The van der Waals surface area contributed by atoms with Gasteiger partial charge < -0.3 is 14.0 Å². The highest BCUT2D eigenvalue weighted by Crippen LogP contribution is 2.65. The van der Waals surface area contributed by atoms with Crippen LogP contribution in [0.15, 0.2) is 23.7 Å². The van der Waals surface area contributed by atoms with Gasteiger partial charge in [-0.15, -0.1) is 11.3 Å². The van der Waals surface area contributed by atoms with Crippen molar-refractivity contribution < 1.29 is 23.6 Å². The van der Waals surface area contributed by atoms with E-state index in [4.69, 9.17) is 8.92 Å². The predicted molar refractivity (Wildman–Crippen MR) is 106 cm³/mol. The Hall–Kier alpha value is -1.52. The molecule has 0 spiro atoms. The number of benzene rings is 1. The monoisotopic (exact) mass is 420 g/mol. The van der Waals surface area contributed by atoms with Gasteiger partial charge in [0.05, 0.1) is 51.1 Å². The van der Waals surface area contributed by atoms with E-state index < -0.39 is 28.6 Å². The maximum absolute atomic E-state index is 13.5. The van der Waals surface area contributed by atoms with Gasteiger partial charge in [0, 0.05) is 12.8 Å². The van der Waals surface area contributed by atoms with Crippen LogP contribution in [-0.4, -0.2) is 45.3 Å². The van der Waals surface area contributed by atoms with Crippen LogP contribution in [0.2, 0.25) is 0 Å². The minimum Gasteiger partial charge on any atom is -0.387 e. The van der Waals surface area contributed by atoms with Crippen molar-refractivity contribution >= 4 is 52.0 Å². The normalized spacial score (nSPS) is 39.4. The van der Waals surface area contributed by atoms with Gasteiger partial charge in [-0.1, -0.05) is 0 Å². The largest absolute Gasteiger partial charge is 0.387 e. The number of imide groups is 1. The molecule has 2 bridgehead atoms. The Morgan fingerprint density at radius 2 is 2.11 bits per heavy atom. The summed E-state index contributed by atoms with van der Waals surface area (Å²) in [4.78, 5) is 32.4. The standard InChI is InChI=1S/C19H20N2O5S2/c1-17(24)8-19(5-6-25-27)14-13(18(17,2)26-19)15(22)21(16(14)23)10-3-4-11-12(7-10)28-9-20-11/h3-4,7,9,13-14,24,27H,5-6,8H2,1-2H3/t13-,14+,17-,18?,19?/m0/s1. The third-order valence-corrected chi connectivity index (χ3v) is 7.76. The van der Waals surface area contributed by atoms with Gasteiger partial charge in [0.15, 0.2) is 0 Å². The molecule has 0 radical (unpaired) electrons. The molecule has 28 heavy (non-hydrogen) atoms. The van der Waals surface area contributed by atoms with Crippen LogP contribution in [0, 0.1) is 11.8 Å². The van der Waals surface area contributed by atoms with E-state index in [1.54, 1.807) is 25.4 Å². The summed E-state index contributed by atoms with van der Waals surface area (Å²) in [5.41, 5.74) is -0.210. The van der Waals surface area contributed by atoms with Crippen molar-refractivity contribution in [2.75, 3.05) is 11.5 Å². The van der Waals surface area contributed by atoms with Crippen LogP contribution >= 0.6 is 24.2 Å². The molecule has 1 N–H and O–H groups in total. The Kier molecular flexibility index (Phi) is 3.81. The molecule has 9 heteroatoms. The number of thiazole rings is 1. The van der Waals surface area contributed by atoms with E-state index in [1.807, 2.05) is 12.1 Å². The highest BCUT2D eigenvalue weighted by molar-refractivity contribution is 7.75. The molecule has 148 valence electrons. The van der Waals surface area contributed by atoms with Gasteiger partial charge in [-0.05, 0) is 45.0 Å². The van der Waals surface area contributed by atoms with E-state index in [2.05, 4.69) is 17.9 Å². The lowest BCUT2D eigenvalue weighted by Gasteiger charge is -2.40. The summed E-state index contributed by atoms with van der Waals surface area (Å²) < 4.78 is 12.1. The predicted octanol–water partition coefficient (Wildman–Crippen LogP) is 2.34. The van der Waals surface area contributed by atoms with Crippen LogP contribution in [0.1, 0.15) is 26.7 Å². The second-order valence-corrected chi connectivity index (χ2v) is 9.42. The van der Waals surface area contributed by atoms with E-state index >= 15 is 0 Å². The molecule has 5 rings (SSSR count). The number of nitrogens with zero attached hydrogens (tertiary/aromatic N) is 2. The highest BCUT2D eigenvalue weighted by Gasteiger charge is 2.80. The van der Waals surface area contributed by atoms with Gasteiger partial charge in [0.2, 0.25) is 11.8 Å². The minimum absolute atomic E-state index is 0.257. The summed E-state index contributed by atoms with van der Waals surface area (Å²) >= 11 is 5.26. The molecule has 2 unspecified atom stereocenters. The van der Waals surface area contributed by atoms with Gasteiger partial charge in [0.1, 0.15) is 5.60 Å². The Balaban J connectivity index is 1.61. The SMILES string of the molecule is CC12OC(CCOS)(C[C@]1(C)O)[C@H]1C(=O)N(c3ccc4ncsc4c3)C(=O)[C@H]12. The number of aromatic nitrogens is 1. The number of aliphatic hydroxyl groups is 1. The average Bonchev–Trinajstić information content (AvgIpc) is 3.31. The summed E-state index contributed by atoms with van der Waals surface area (Å²) in [5, 5.41) is 11.1. The van der Waals surface area contributed by atoms with Gasteiger partial charge in [-0.25, -0.2) is 9.88 Å². The van der Waals surface area contributed by atoms with E-state index in [9.17, 15) is 14.7 Å². The van der Waals surface area contributed by atoms with Crippen molar-refractivity contribution in [1.82, 2.24) is 4.98 Å². The topological polar surface area (TPSA) is 89.0 Å². The number of carbonyl (C=O) groups is 2. The lowest BCUT2D eigenvalue weighted by Crippen LogP contribution is -2.56. The van der Waals surface area contributed by atoms with Gasteiger partial charge in [-0.3, -0.25) is 9.59 Å². The first-order valence-electron chi connectivity index (χ1n) is 9.14. The van der Waals surface area contributed by atoms with E-state index in [0.29, 0.717) is 12.1 Å². The second-order valence-electron chi connectivity index (χ2n) is 8.28. The van der Waals surface area contributed by atoms with Crippen molar-refractivity contribution in [3.63, 3.8) is 0 Å². The molecule has 5 atom stereocenters. The lowest BCUT2D eigenvalue weighted by molar-refractivity contribution is -0.144. The number of rotatable bonds is 4. The number of anilines is 1. The fourth-order valence-electron chi connectivity index (χ4n) is 5.40. The molecule has 4 heterocycles. The summed E-state index contributed by atoms with van der Waals surface area (Å²) in [5.74, 6) is -1.99. The van der Waals surface area contributed by atoms with Crippen molar-refractivity contribution in [2.24, 2.45) is 11.8 Å². The van der Waals surface area contributed by atoms with Gasteiger partial charge >= 0.3 is 0 Å². The zero-order valence-corrected chi connectivity index (χ0v) is 17.1. The molecule has 1 aromatic carbocycles. The zero-order valence-electron chi connectivity index (χ0n) is 15.4. The fraction of sp³-hybridized carbons (Fsp3) is 0.526. The number of ether oxygens (including phenoxy) is 1. The molecule has 3 aliphatic rings. The molecule has 3 aliphatic heterocycles. The fourth-order valence-corrected chi connectivity index (χ4v) is 6.20. The number of amides is 2. The first-order valence-corrected chi connectivity index (χ1v) is 10.4. The number of carbonyl (C=O) groups excluding carboxylic acids is 2. The Labute approximate surface area is 171 Å². The second kappa shape index (κ2) is 5.76. The van der Waals surface area contributed by atoms with Crippen molar-refractivity contribution in [3.8, 4) is 0 Å². The van der Waals surface area contributed by atoms with Crippen molar-refractivity contribution in [2.45, 2.75) is 43.5 Å². The molecule has 1 aromatic heterocycles. The smallest absolute Gasteiger partial charge is 0.240 e. The third-order valence-electron chi connectivity index (χ3n) is 6.78. The maximum Gasteiger partial charge on any atom is 0.240 e. The molecule has 3 saturated heterocycles. The number of fused-ring (bicyclic) bond motifs is 6. The number of hydrogen-bond acceptors (Lipinski definition) is 8. The van der Waals surface area contributed by atoms with Crippen LogP contribution in [0.3, 0.4) is 0 Å². The first-order chi connectivity index (χ1) is 13.2. The summed E-state index contributed by atoms with van der Waals surface area (Å²) in [7, 11) is 0. The van der Waals surface area contributed by atoms with Crippen LogP contribution in [-0.2, 0) is 18.5 Å². The molecule has 0 aliphatic carbocycles. The summed E-state index contributed by atoms with van der Waals surface area (Å²) in [6.07, 6.45) is 0.652. The van der Waals surface area contributed by atoms with E-state index in [0.717, 1.165) is 10.2 Å². The Morgan fingerprint density at radius 1 is 1.36 bits per heavy atom. The maximum atomic E-state index is 13.5. The van der Waals surface area contributed by atoms with Crippen molar-refractivity contribution in [1.29, 1.82) is 0 Å². The van der Waals surface area contributed by atoms with E-state index in [1.165, 1.54) is 16.2 Å². The van der Waals surface area contributed by atoms with Crippen LogP contribution in [0.5, 0.6) is 0 Å². The third kappa shape index (κ3) is 2.14. The molecule has 7 nitrogen and oxygen atoms in total. The lowest BCUT2D eigenvalue weighted by atomic mass is 9.61. The van der Waals surface area contributed by atoms with E-state index in [-0.39, 0.29) is 24.8 Å². The summed E-state index contributed by atoms with van der Waals surface area (Å²) in [6, 6.07) is 5.37. The first kappa shape index (κ1) is 18.5. The number of thiol groups is 1. The van der Waals surface area contributed by atoms with Crippen molar-refractivity contribution in [3.05, 3.63) is 23.7 Å². The van der Waals surface area contributed by atoms with Gasteiger partial charge in [0.25, 0.3) is 0 Å². The average molecular weight is 421 g/mol. The zero-order chi connectivity index (χ0) is 19.9.